The van der Waals surface area contributed by atoms with Crippen molar-refractivity contribution in [2.45, 2.75) is 55.0 Å². The van der Waals surface area contributed by atoms with Crippen molar-refractivity contribution in [2.75, 3.05) is 13.2 Å². The maximum Gasteiger partial charge on any atom is 0.253 e. The first-order valence-electron chi connectivity index (χ1n) is 11.0. The molecular formula is C23H26N2O5S2. The zero-order valence-electron chi connectivity index (χ0n) is 17.7. The molecule has 0 bridgehead atoms. The van der Waals surface area contributed by atoms with E-state index in [1.807, 2.05) is 24.3 Å². The van der Waals surface area contributed by atoms with Gasteiger partial charge in [-0.15, -0.1) is 11.3 Å². The molecule has 1 aromatic carbocycles. The Morgan fingerprint density at radius 1 is 1.06 bits per heavy atom. The number of aromatic nitrogens is 1. The lowest BCUT2D eigenvalue weighted by Gasteiger charge is -2.27. The fourth-order valence-electron chi connectivity index (χ4n) is 4.31. The molecule has 7 nitrogen and oxygen atoms in total. The quantitative estimate of drug-likeness (QED) is 0.471. The van der Waals surface area contributed by atoms with Gasteiger partial charge in [-0.25, -0.2) is 8.42 Å². The minimum Gasteiger partial charge on any atom is -0.488 e. The highest BCUT2D eigenvalue weighted by Gasteiger charge is 2.34. The molecular weight excluding hydrogens is 448 g/mol. The fraction of sp³-hybridized carbons (Fsp3) is 0.435. The van der Waals surface area contributed by atoms with Crippen LogP contribution >= 0.6 is 11.3 Å². The van der Waals surface area contributed by atoms with Crippen molar-refractivity contribution in [3.05, 3.63) is 54.3 Å². The van der Waals surface area contributed by atoms with Crippen molar-refractivity contribution < 1.29 is 22.4 Å². The van der Waals surface area contributed by atoms with Crippen LogP contribution in [0.2, 0.25) is 0 Å². The Kier molecular flexibility index (Phi) is 6.32. The summed E-state index contributed by atoms with van der Waals surface area (Å²) >= 11 is 1.23. The van der Waals surface area contributed by atoms with Crippen LogP contribution in [0.4, 0.5) is 0 Å². The summed E-state index contributed by atoms with van der Waals surface area (Å²) in [4.78, 5) is 0.779. The van der Waals surface area contributed by atoms with E-state index in [0.717, 1.165) is 54.9 Å². The van der Waals surface area contributed by atoms with E-state index in [9.17, 15) is 8.42 Å². The predicted octanol–water partition coefficient (Wildman–Crippen LogP) is 4.70. The molecule has 2 aliphatic rings. The molecule has 1 aliphatic heterocycles. The molecule has 1 saturated heterocycles. The topological polar surface area (TPSA) is 81.9 Å². The first-order chi connectivity index (χ1) is 15.6. The van der Waals surface area contributed by atoms with Crippen molar-refractivity contribution in [3.63, 3.8) is 0 Å². The third kappa shape index (κ3) is 4.61. The van der Waals surface area contributed by atoms with Crippen molar-refractivity contribution >= 4 is 21.4 Å². The van der Waals surface area contributed by atoms with Crippen molar-refractivity contribution in [1.82, 2.24) is 9.46 Å². The van der Waals surface area contributed by atoms with Gasteiger partial charge in [-0.05, 0) is 42.7 Å². The molecule has 2 fully saturated rings. The maximum atomic E-state index is 13.7. The Bertz CT molecular complexity index is 1110. The van der Waals surface area contributed by atoms with E-state index in [0.29, 0.717) is 23.1 Å². The third-order valence-corrected chi connectivity index (χ3v) is 9.49. The lowest BCUT2D eigenvalue weighted by atomic mass is 10.2. The summed E-state index contributed by atoms with van der Waals surface area (Å²) in [6.45, 7) is 1.70. The van der Waals surface area contributed by atoms with Gasteiger partial charge in [-0.2, -0.15) is 4.31 Å². The number of rotatable bonds is 8. The van der Waals surface area contributed by atoms with Gasteiger partial charge in [0.05, 0.1) is 18.1 Å². The van der Waals surface area contributed by atoms with Crippen LogP contribution in [0.25, 0.3) is 10.6 Å². The van der Waals surface area contributed by atoms with Crippen LogP contribution in [0.5, 0.6) is 5.75 Å². The first kappa shape index (κ1) is 21.6. The molecule has 1 saturated carbocycles. The van der Waals surface area contributed by atoms with Crippen LogP contribution < -0.4 is 4.74 Å². The summed E-state index contributed by atoms with van der Waals surface area (Å²) in [7, 11) is -3.64. The number of thiophene rings is 1. The summed E-state index contributed by atoms with van der Waals surface area (Å²) in [5.74, 6) is 0.787. The number of benzene rings is 1. The average Bonchev–Trinajstić information content (AvgIpc) is 3.60. The molecule has 1 atom stereocenters. The number of sulfonamides is 1. The van der Waals surface area contributed by atoms with Crippen molar-refractivity contribution in [2.24, 2.45) is 0 Å². The lowest BCUT2D eigenvalue weighted by Crippen LogP contribution is -2.37. The van der Waals surface area contributed by atoms with Gasteiger partial charge in [0.15, 0.2) is 0 Å². The Hall–Kier alpha value is -2.20. The maximum absolute atomic E-state index is 13.7. The van der Waals surface area contributed by atoms with E-state index in [1.165, 1.54) is 17.6 Å². The Morgan fingerprint density at radius 2 is 1.88 bits per heavy atom. The second-order valence-electron chi connectivity index (χ2n) is 8.24. The summed E-state index contributed by atoms with van der Waals surface area (Å²) in [6.07, 6.45) is 6.37. The number of hydrogen-bond donors (Lipinski definition) is 0. The molecule has 32 heavy (non-hydrogen) atoms. The number of nitrogens with zero attached hydrogens (tertiary/aromatic N) is 2. The van der Waals surface area contributed by atoms with Crippen LogP contribution in [-0.4, -0.2) is 43.2 Å². The van der Waals surface area contributed by atoms with E-state index in [1.54, 1.807) is 22.5 Å². The monoisotopic (exact) mass is 474 g/mol. The summed E-state index contributed by atoms with van der Waals surface area (Å²) < 4.78 is 45.5. The normalized spacial score (nSPS) is 19.7. The SMILES string of the molecule is O=S(=O)(c1ccc(-c2ccon2)s1)N(Cc1ccc(OC2CCOC2)cc1)C1CCCC1. The second kappa shape index (κ2) is 9.35. The Balaban J connectivity index is 1.36. The zero-order chi connectivity index (χ0) is 22.0. The molecule has 3 heterocycles. The minimum atomic E-state index is -3.64. The van der Waals surface area contributed by atoms with Crippen molar-refractivity contribution in [3.8, 4) is 16.3 Å². The molecule has 2 aromatic heterocycles. The summed E-state index contributed by atoms with van der Waals surface area (Å²) in [5.41, 5.74) is 1.59. The Labute approximate surface area is 192 Å². The van der Waals surface area contributed by atoms with Gasteiger partial charge >= 0.3 is 0 Å². The first-order valence-corrected chi connectivity index (χ1v) is 13.2. The summed E-state index contributed by atoms with van der Waals surface area (Å²) in [6, 6.07) is 13.0. The van der Waals surface area contributed by atoms with Gasteiger partial charge in [-0.1, -0.05) is 30.1 Å². The fourth-order valence-corrected chi connectivity index (χ4v) is 7.38. The molecule has 1 aliphatic carbocycles. The molecule has 1 unspecified atom stereocenters. The van der Waals surface area contributed by atoms with Gasteiger partial charge < -0.3 is 14.0 Å². The molecule has 9 heteroatoms. The average molecular weight is 475 g/mol. The molecule has 3 aromatic rings. The standard InChI is InChI=1S/C23H26N2O5S2/c26-32(27,23-10-9-22(31-23)21-12-14-29-24-21)25(18-3-1-2-4-18)15-17-5-7-19(8-6-17)30-20-11-13-28-16-20/h5-10,12,14,18,20H,1-4,11,13,15-16H2. The third-order valence-electron chi connectivity index (χ3n) is 6.02. The molecule has 0 spiro atoms. The van der Waals surface area contributed by atoms with Crippen LogP contribution in [-0.2, 0) is 21.3 Å². The number of ether oxygens (including phenoxy) is 2. The second-order valence-corrected chi connectivity index (χ2v) is 11.4. The molecule has 0 amide bonds. The van der Waals surface area contributed by atoms with Gasteiger partial charge in [0.25, 0.3) is 10.0 Å². The highest BCUT2D eigenvalue weighted by atomic mass is 32.2. The Morgan fingerprint density at radius 3 is 2.56 bits per heavy atom. The van der Waals surface area contributed by atoms with E-state index < -0.39 is 10.0 Å². The smallest absolute Gasteiger partial charge is 0.253 e. The minimum absolute atomic E-state index is 0.0177. The van der Waals surface area contributed by atoms with Gasteiger partial charge in [0.1, 0.15) is 28.0 Å². The molecule has 0 N–H and O–H groups in total. The molecule has 5 rings (SSSR count). The van der Waals surface area contributed by atoms with Crippen LogP contribution in [0.3, 0.4) is 0 Å². The van der Waals surface area contributed by atoms with Crippen molar-refractivity contribution in [1.29, 1.82) is 0 Å². The molecule has 170 valence electrons. The van der Waals surface area contributed by atoms with E-state index in [2.05, 4.69) is 5.16 Å². The van der Waals surface area contributed by atoms with Crippen LogP contribution in [0, 0.1) is 0 Å². The number of hydrogen-bond acceptors (Lipinski definition) is 7. The lowest BCUT2D eigenvalue weighted by molar-refractivity contribution is 0.141. The van der Waals surface area contributed by atoms with Gasteiger partial charge in [-0.3, -0.25) is 0 Å². The van der Waals surface area contributed by atoms with E-state index in [-0.39, 0.29) is 12.1 Å². The van der Waals surface area contributed by atoms with Crippen LogP contribution in [0.15, 0.2) is 57.5 Å². The highest BCUT2D eigenvalue weighted by molar-refractivity contribution is 7.91. The van der Waals surface area contributed by atoms with Crippen LogP contribution in [0.1, 0.15) is 37.7 Å². The molecule has 0 radical (unpaired) electrons. The van der Waals surface area contributed by atoms with Gasteiger partial charge in [0, 0.05) is 25.1 Å². The largest absolute Gasteiger partial charge is 0.488 e. The highest BCUT2D eigenvalue weighted by Crippen LogP contribution is 2.35. The van der Waals surface area contributed by atoms with E-state index >= 15 is 0 Å². The predicted molar refractivity (Wildman–Crippen MR) is 121 cm³/mol. The summed E-state index contributed by atoms with van der Waals surface area (Å²) in [5, 5.41) is 3.92. The van der Waals surface area contributed by atoms with E-state index in [4.69, 9.17) is 14.0 Å². The zero-order valence-corrected chi connectivity index (χ0v) is 19.3. The van der Waals surface area contributed by atoms with Gasteiger partial charge in [0.2, 0.25) is 0 Å².